The zero-order valence-electron chi connectivity index (χ0n) is 19.0. The van der Waals surface area contributed by atoms with Gasteiger partial charge in [-0.15, -0.1) is 11.8 Å². The number of hydrogen-bond donors (Lipinski definition) is 2. The fourth-order valence-corrected chi connectivity index (χ4v) is 7.33. The number of pyridine rings is 1. The van der Waals surface area contributed by atoms with Crippen LogP contribution in [-0.2, 0) is 6.42 Å². The molecule has 1 saturated carbocycles. The Kier molecular flexibility index (Phi) is 7.15. The van der Waals surface area contributed by atoms with Gasteiger partial charge in [0.25, 0.3) is 0 Å². The predicted octanol–water partition coefficient (Wildman–Crippen LogP) is 7.29. The van der Waals surface area contributed by atoms with Crippen LogP contribution in [0.3, 0.4) is 0 Å². The fourth-order valence-electron chi connectivity index (χ4n) is 5.24. The Morgan fingerprint density at radius 2 is 2.22 bits per heavy atom. The highest BCUT2D eigenvalue weighted by atomic mass is 127. The molecule has 1 aliphatic carbocycles. The van der Waals surface area contributed by atoms with E-state index in [2.05, 4.69) is 39.0 Å². The van der Waals surface area contributed by atoms with E-state index in [9.17, 15) is 15.2 Å². The molecule has 0 radical (unpaired) electrons. The number of fused-ring (bicyclic) bond motifs is 2. The smallest absolute Gasteiger partial charge is 0.407 e. The Hall–Kier alpha value is -2.00. The number of carbonyl (C=O) groups is 1. The van der Waals surface area contributed by atoms with Crippen molar-refractivity contribution in [2.75, 3.05) is 18.1 Å². The highest BCUT2D eigenvalue weighted by Crippen LogP contribution is 2.46. The third kappa shape index (κ3) is 4.16. The molecule has 2 bridgehead atoms. The lowest BCUT2D eigenvalue weighted by molar-refractivity contribution is 0.140. The monoisotopic (exact) mass is 656 g/mol. The van der Waals surface area contributed by atoms with Crippen LogP contribution in [0, 0.1) is 26.6 Å². The summed E-state index contributed by atoms with van der Waals surface area (Å²) >= 11 is 16.4. The number of aromatic nitrogens is 1. The molecule has 1 aromatic heterocycles. The zero-order chi connectivity index (χ0) is 25.7. The summed E-state index contributed by atoms with van der Waals surface area (Å²) in [6.07, 6.45) is 2.31. The molecular weight excluding hydrogens is 637 g/mol. The van der Waals surface area contributed by atoms with Crippen molar-refractivity contribution in [2.24, 2.45) is 5.92 Å². The normalized spacial score (nSPS) is 20.3. The van der Waals surface area contributed by atoms with E-state index in [0.29, 0.717) is 39.5 Å². The van der Waals surface area contributed by atoms with E-state index in [-0.39, 0.29) is 40.5 Å². The van der Waals surface area contributed by atoms with Gasteiger partial charge in [0.15, 0.2) is 5.82 Å². The lowest BCUT2D eigenvalue weighted by Gasteiger charge is -2.37. The molecule has 2 unspecified atom stereocenters. The zero-order valence-corrected chi connectivity index (χ0v) is 23.5. The molecule has 0 spiro atoms. The molecule has 6 rings (SSSR count). The molecular formula is C25H20Cl2FIN4O2S. The molecule has 2 N–H and O–H groups in total. The molecule has 2 aliphatic heterocycles. The number of hydrogen-bond acceptors (Lipinski definition) is 5. The van der Waals surface area contributed by atoms with Crippen LogP contribution in [0.15, 0.2) is 29.3 Å². The van der Waals surface area contributed by atoms with E-state index in [1.807, 2.05) is 12.3 Å². The number of aryl methyl sites for hydroxylation is 1. The number of benzene rings is 2. The van der Waals surface area contributed by atoms with Gasteiger partial charge in [0.05, 0.1) is 37.5 Å². The number of amides is 1. The average Bonchev–Trinajstić information content (AvgIpc) is 3.45. The summed E-state index contributed by atoms with van der Waals surface area (Å²) in [6.45, 7) is 0.492. The first-order valence-electron chi connectivity index (χ1n) is 11.2. The summed E-state index contributed by atoms with van der Waals surface area (Å²) in [6, 6.07) is 8.91. The molecule has 3 heterocycles. The summed E-state index contributed by atoms with van der Waals surface area (Å²) in [5, 5.41) is 24.2. The van der Waals surface area contributed by atoms with E-state index in [1.54, 1.807) is 18.2 Å². The summed E-state index contributed by atoms with van der Waals surface area (Å²) in [5.74, 6) is -0.321. The van der Waals surface area contributed by atoms with Gasteiger partial charge in [-0.05, 0) is 59.4 Å². The molecule has 3 aliphatic rings. The SMILES string of the molecule is CSc1nc2c(F)c(-c3cccc(Cl)c3Cl)c(CCC#N)cc2c(N[C@H]2C3CC2N(C(=O)O)C3)c1I. The van der Waals surface area contributed by atoms with Crippen LogP contribution in [0.4, 0.5) is 14.9 Å². The lowest BCUT2D eigenvalue weighted by atomic mass is 9.79. The Bertz CT molecular complexity index is 1450. The largest absolute Gasteiger partial charge is 0.465 e. The minimum atomic E-state index is -0.918. The Morgan fingerprint density at radius 3 is 2.89 bits per heavy atom. The van der Waals surface area contributed by atoms with Crippen LogP contribution >= 0.6 is 57.6 Å². The van der Waals surface area contributed by atoms with E-state index < -0.39 is 11.9 Å². The lowest BCUT2D eigenvalue weighted by Crippen LogP contribution is -2.49. The van der Waals surface area contributed by atoms with Gasteiger partial charge in [0.1, 0.15) is 10.5 Å². The number of halogens is 4. The van der Waals surface area contributed by atoms with Crippen LogP contribution in [-0.4, -0.2) is 46.0 Å². The quantitative estimate of drug-likeness (QED) is 0.214. The summed E-state index contributed by atoms with van der Waals surface area (Å²) in [4.78, 5) is 17.8. The number of nitrogens with zero attached hydrogens (tertiary/aromatic N) is 3. The topological polar surface area (TPSA) is 89.3 Å². The van der Waals surface area contributed by atoms with Crippen LogP contribution in [0.5, 0.6) is 0 Å². The predicted molar refractivity (Wildman–Crippen MR) is 150 cm³/mol. The number of carboxylic acid groups (broad SMARTS) is 1. The van der Waals surface area contributed by atoms with E-state index in [4.69, 9.17) is 23.2 Å². The number of nitriles is 1. The summed E-state index contributed by atoms with van der Waals surface area (Å²) in [7, 11) is 0. The highest BCUT2D eigenvalue weighted by molar-refractivity contribution is 14.1. The first kappa shape index (κ1) is 25.6. The van der Waals surface area contributed by atoms with Crippen molar-refractivity contribution in [1.82, 2.24) is 9.88 Å². The maximum Gasteiger partial charge on any atom is 0.407 e. The molecule has 2 aromatic carbocycles. The Labute approximate surface area is 235 Å². The van der Waals surface area contributed by atoms with E-state index >= 15 is 4.39 Å². The standard InChI is InChI=1S/C25H20Cl2FIN4O2S/c1-36-24-20(29)23(31-21-12-9-16(21)33(10-12)25(34)35)14-8-11(4-3-7-30)17(19(28)22(14)32-24)13-5-2-6-15(26)18(13)27/h2,5-6,8,12,16,21H,3-4,9-10H2,1H3,(H,31,32)(H,34,35)/t12?,16?,21-/m0/s1. The van der Waals surface area contributed by atoms with Crippen LogP contribution in [0.25, 0.3) is 22.0 Å². The number of anilines is 1. The van der Waals surface area contributed by atoms with Gasteiger partial charge in [0, 0.05) is 35.4 Å². The third-order valence-electron chi connectivity index (χ3n) is 6.99. The van der Waals surface area contributed by atoms with Crippen LogP contribution in [0.2, 0.25) is 10.0 Å². The van der Waals surface area contributed by atoms with E-state index in [1.165, 1.54) is 16.7 Å². The molecule has 36 heavy (non-hydrogen) atoms. The molecule has 3 fully saturated rings. The minimum Gasteiger partial charge on any atom is -0.465 e. The van der Waals surface area contributed by atoms with Crippen molar-refractivity contribution >= 4 is 80.2 Å². The van der Waals surface area contributed by atoms with E-state index in [0.717, 1.165) is 15.7 Å². The molecule has 186 valence electrons. The van der Waals surface area contributed by atoms with Gasteiger partial charge < -0.3 is 15.3 Å². The van der Waals surface area contributed by atoms with Gasteiger partial charge in [-0.2, -0.15) is 5.26 Å². The maximum atomic E-state index is 16.4. The number of rotatable bonds is 6. The second-order valence-electron chi connectivity index (χ2n) is 8.86. The van der Waals surface area contributed by atoms with Gasteiger partial charge in [-0.1, -0.05) is 35.3 Å². The second-order valence-corrected chi connectivity index (χ2v) is 11.5. The third-order valence-corrected chi connectivity index (χ3v) is 9.90. The molecule has 1 amide bonds. The van der Waals surface area contributed by atoms with Crippen molar-refractivity contribution < 1.29 is 14.3 Å². The second kappa shape index (κ2) is 10.0. The maximum absolute atomic E-state index is 16.4. The van der Waals surface area contributed by atoms with Gasteiger partial charge in [0.2, 0.25) is 0 Å². The Morgan fingerprint density at radius 1 is 1.44 bits per heavy atom. The molecule has 6 nitrogen and oxygen atoms in total. The van der Waals surface area contributed by atoms with Crippen molar-refractivity contribution in [2.45, 2.75) is 36.4 Å². The summed E-state index contributed by atoms with van der Waals surface area (Å²) < 4.78 is 17.2. The van der Waals surface area contributed by atoms with Crippen molar-refractivity contribution in [1.29, 1.82) is 5.26 Å². The van der Waals surface area contributed by atoms with Crippen molar-refractivity contribution in [3.63, 3.8) is 0 Å². The van der Waals surface area contributed by atoms with Crippen LogP contribution < -0.4 is 5.32 Å². The van der Waals surface area contributed by atoms with Gasteiger partial charge in [-0.3, -0.25) is 0 Å². The van der Waals surface area contributed by atoms with Gasteiger partial charge >= 0.3 is 6.09 Å². The molecule has 2 saturated heterocycles. The highest BCUT2D eigenvalue weighted by Gasteiger charge is 2.54. The fraction of sp³-hybridized carbons (Fsp3) is 0.320. The van der Waals surface area contributed by atoms with Crippen LogP contribution in [0.1, 0.15) is 18.4 Å². The Balaban J connectivity index is 1.71. The number of thioether (sulfide) groups is 1. The van der Waals surface area contributed by atoms with Gasteiger partial charge in [-0.25, -0.2) is 14.2 Å². The minimum absolute atomic E-state index is 0.0532. The summed E-state index contributed by atoms with van der Waals surface area (Å²) in [5.41, 5.74) is 2.30. The van der Waals surface area contributed by atoms with Crippen molar-refractivity contribution in [3.8, 4) is 17.2 Å². The van der Waals surface area contributed by atoms with Crippen molar-refractivity contribution in [3.05, 3.63) is 49.3 Å². The first-order valence-corrected chi connectivity index (χ1v) is 14.3. The number of nitrogens with one attached hydrogen (secondary N) is 1. The molecule has 11 heteroatoms. The molecule has 3 atom stereocenters. The first-order chi connectivity index (χ1) is 17.3. The molecule has 3 aromatic rings. The average molecular weight is 657 g/mol.